The molecule has 1 aliphatic heterocycles. The zero-order valence-electron chi connectivity index (χ0n) is 30.3. The highest BCUT2D eigenvalue weighted by molar-refractivity contribution is 5.87. The molecule has 3 aromatic rings. The molecule has 1 aliphatic carbocycles. The molecule has 11 nitrogen and oxygen atoms in total. The highest BCUT2D eigenvalue weighted by Crippen LogP contribution is 2.50. The molecule has 4 atom stereocenters. The van der Waals surface area contributed by atoms with Gasteiger partial charge in [0.2, 0.25) is 23.0 Å². The first-order valence-corrected chi connectivity index (χ1v) is 17.2. The molecule has 2 N–H and O–H groups in total. The van der Waals surface area contributed by atoms with E-state index in [1.807, 2.05) is 49.1 Å². The molecule has 1 fully saturated rings. The molecule has 3 aromatic carbocycles. The maximum atomic E-state index is 14.5. The summed E-state index contributed by atoms with van der Waals surface area (Å²) >= 11 is 0. The smallest absolute Gasteiger partial charge is 0.245 e. The number of nitrogens with zero attached hydrogens (tertiary/aromatic N) is 1. The van der Waals surface area contributed by atoms with Crippen molar-refractivity contribution in [2.24, 2.45) is 5.92 Å². The Morgan fingerprint density at radius 3 is 2.26 bits per heavy atom. The zero-order valence-corrected chi connectivity index (χ0v) is 30.3. The Labute approximate surface area is 294 Å². The highest BCUT2D eigenvalue weighted by Gasteiger charge is 2.38. The number of benzene rings is 2. The van der Waals surface area contributed by atoms with Crippen molar-refractivity contribution >= 4 is 17.5 Å². The molecular weight excluding hydrogens is 638 g/mol. The van der Waals surface area contributed by atoms with Crippen molar-refractivity contribution in [3.8, 4) is 39.9 Å². The molecule has 268 valence electrons. The summed E-state index contributed by atoms with van der Waals surface area (Å²) in [6.07, 6.45) is 3.49. The topological polar surface area (TPSA) is 125 Å². The first-order chi connectivity index (χ1) is 24.1. The highest BCUT2D eigenvalue weighted by atomic mass is 16.5. The number of carbonyl (C=O) groups is 2. The number of hydrogen-bond donors (Lipinski definition) is 2. The Kier molecular flexibility index (Phi) is 11.4. The fraction of sp³-hybridized carbons (Fsp3) is 0.462. The van der Waals surface area contributed by atoms with Gasteiger partial charge < -0.3 is 39.2 Å². The minimum atomic E-state index is -0.669. The number of hydrogen-bond acceptors (Lipinski definition) is 9. The van der Waals surface area contributed by atoms with Gasteiger partial charge in [0.05, 0.1) is 53.3 Å². The van der Waals surface area contributed by atoms with Crippen molar-refractivity contribution in [1.29, 1.82) is 0 Å². The molecule has 2 amide bonds. The third-order valence-electron chi connectivity index (χ3n) is 10.0. The second-order valence-corrected chi connectivity index (χ2v) is 12.9. The lowest BCUT2D eigenvalue weighted by Crippen LogP contribution is -2.46. The van der Waals surface area contributed by atoms with Crippen molar-refractivity contribution in [3.63, 3.8) is 0 Å². The number of likely N-dealkylation sites (tertiary alicyclic amines) is 1. The number of amides is 2. The van der Waals surface area contributed by atoms with Gasteiger partial charge >= 0.3 is 0 Å². The molecule has 0 radical (unpaired) electrons. The lowest BCUT2D eigenvalue weighted by Gasteiger charge is -2.33. The Morgan fingerprint density at radius 2 is 1.62 bits per heavy atom. The second-order valence-electron chi connectivity index (χ2n) is 12.9. The predicted octanol–water partition coefficient (Wildman–Crippen LogP) is 6.07. The quantitative estimate of drug-likeness (QED) is 0.234. The number of methoxy groups -OCH3 is 5. The van der Waals surface area contributed by atoms with E-state index in [0.29, 0.717) is 60.1 Å². The average Bonchev–Trinajstić information content (AvgIpc) is 3.50. The van der Waals surface area contributed by atoms with Crippen LogP contribution < -0.4 is 39.7 Å². The summed E-state index contributed by atoms with van der Waals surface area (Å²) < 4.78 is 28.4. The molecule has 11 heteroatoms. The predicted molar refractivity (Wildman–Crippen MR) is 193 cm³/mol. The van der Waals surface area contributed by atoms with Crippen LogP contribution in [0.25, 0.3) is 11.1 Å². The lowest BCUT2D eigenvalue weighted by atomic mass is 9.95. The molecule has 1 unspecified atom stereocenters. The van der Waals surface area contributed by atoms with Gasteiger partial charge in [0.1, 0.15) is 17.5 Å². The van der Waals surface area contributed by atoms with E-state index in [4.69, 9.17) is 23.7 Å². The number of rotatable bonds is 12. The van der Waals surface area contributed by atoms with Crippen molar-refractivity contribution < 1.29 is 33.3 Å². The van der Waals surface area contributed by atoms with Crippen LogP contribution >= 0.6 is 0 Å². The largest absolute Gasteiger partial charge is 0.497 e. The summed E-state index contributed by atoms with van der Waals surface area (Å²) in [5, 5.41) is 6.43. The van der Waals surface area contributed by atoms with E-state index >= 15 is 0 Å². The Morgan fingerprint density at radius 1 is 0.880 bits per heavy atom. The molecule has 5 rings (SSSR count). The lowest BCUT2D eigenvalue weighted by molar-refractivity contribution is -0.134. The van der Waals surface area contributed by atoms with Crippen LogP contribution in [-0.4, -0.2) is 64.8 Å². The van der Waals surface area contributed by atoms with E-state index in [1.54, 1.807) is 47.7 Å². The van der Waals surface area contributed by atoms with Gasteiger partial charge in [0, 0.05) is 30.7 Å². The maximum Gasteiger partial charge on any atom is 0.245 e. The molecule has 1 heterocycles. The van der Waals surface area contributed by atoms with Crippen LogP contribution in [0.3, 0.4) is 0 Å². The maximum absolute atomic E-state index is 14.5. The van der Waals surface area contributed by atoms with Crippen molar-refractivity contribution in [1.82, 2.24) is 10.2 Å². The number of carbonyl (C=O) groups excluding carboxylic acids is 2. The summed E-state index contributed by atoms with van der Waals surface area (Å²) in [5.74, 6) is 2.40. The van der Waals surface area contributed by atoms with Gasteiger partial charge in [0.25, 0.3) is 0 Å². The van der Waals surface area contributed by atoms with Gasteiger partial charge in [-0.15, -0.1) is 0 Å². The third kappa shape index (κ3) is 7.04. The molecule has 0 saturated carbocycles. The van der Waals surface area contributed by atoms with Crippen molar-refractivity contribution in [3.05, 3.63) is 69.4 Å². The van der Waals surface area contributed by atoms with Crippen molar-refractivity contribution in [2.45, 2.75) is 71.0 Å². The monoisotopic (exact) mass is 687 g/mol. The molecular formula is C39H49N3O8. The summed E-state index contributed by atoms with van der Waals surface area (Å²) in [6.45, 7) is 6.11. The van der Waals surface area contributed by atoms with E-state index in [1.165, 1.54) is 6.92 Å². The molecule has 50 heavy (non-hydrogen) atoms. The van der Waals surface area contributed by atoms with Crippen molar-refractivity contribution in [2.75, 3.05) is 47.4 Å². The molecule has 2 aliphatic rings. The van der Waals surface area contributed by atoms with Gasteiger partial charge in [0.15, 0.2) is 11.5 Å². The van der Waals surface area contributed by atoms with Crippen LogP contribution in [0.2, 0.25) is 0 Å². The Balaban J connectivity index is 1.60. The van der Waals surface area contributed by atoms with Gasteiger partial charge in [-0.25, -0.2) is 0 Å². The minimum Gasteiger partial charge on any atom is -0.497 e. The third-order valence-corrected chi connectivity index (χ3v) is 10.0. The average molecular weight is 688 g/mol. The SMILES string of the molecule is CC[C@@H](C)[C@H](Nc1ccc2c(cc1=O)[C@@H](NC(C)=O)CCc1cc(OC)c(OC)c(OC)c1-2)C(=O)N1CCCC1c1ccc(OC)cc1OC. The minimum absolute atomic E-state index is 0.0767. The normalized spacial score (nSPS) is 17.7. The van der Waals surface area contributed by atoms with Crippen LogP contribution in [-0.2, 0) is 16.0 Å². The standard InChI is InChI=1S/C39H49N3O8/c1-9-22(2)36(39(45)42-18-10-11-31(42)27-14-13-25(46-4)20-33(27)47-5)41-30-17-15-26-28(21-32(30)44)29(40-23(3)43)16-12-24-19-34(48-6)37(49-7)38(50-8)35(24)26/h13-15,17,19-22,29,31,36H,9-12,16,18H2,1-8H3,(H,40,43)(H,41,44)/t22-,29+,31?,36+/m1/s1. The fourth-order valence-corrected chi connectivity index (χ4v) is 7.30. The van der Waals surface area contributed by atoms with E-state index in [-0.39, 0.29) is 34.9 Å². The first kappa shape index (κ1) is 36.4. The van der Waals surface area contributed by atoms with Gasteiger partial charge in [-0.2, -0.15) is 0 Å². The van der Waals surface area contributed by atoms with E-state index in [9.17, 15) is 14.4 Å². The number of fused-ring (bicyclic) bond motifs is 3. The summed E-state index contributed by atoms with van der Waals surface area (Å²) in [6, 6.07) is 11.5. The van der Waals surface area contributed by atoms with E-state index in [0.717, 1.165) is 35.1 Å². The van der Waals surface area contributed by atoms with E-state index < -0.39 is 12.1 Å². The first-order valence-electron chi connectivity index (χ1n) is 17.2. The second kappa shape index (κ2) is 15.7. The van der Waals surface area contributed by atoms with E-state index in [2.05, 4.69) is 10.6 Å². The Bertz CT molecular complexity index is 1790. The summed E-state index contributed by atoms with van der Waals surface area (Å²) in [5.41, 5.74) is 3.99. The van der Waals surface area contributed by atoms with Crippen LogP contribution in [0.5, 0.6) is 28.7 Å². The Hall–Kier alpha value is -4.93. The van der Waals surface area contributed by atoms with Crippen LogP contribution in [0.1, 0.15) is 75.2 Å². The van der Waals surface area contributed by atoms with Gasteiger partial charge in [-0.05, 0) is 78.6 Å². The van der Waals surface area contributed by atoms with Crippen LogP contribution in [0, 0.1) is 5.92 Å². The van der Waals surface area contributed by atoms with Gasteiger partial charge in [-0.1, -0.05) is 26.3 Å². The molecule has 1 saturated heterocycles. The molecule has 0 bridgehead atoms. The summed E-state index contributed by atoms with van der Waals surface area (Å²) in [4.78, 5) is 42.9. The number of nitrogens with one attached hydrogen (secondary N) is 2. The van der Waals surface area contributed by atoms with Gasteiger partial charge in [-0.3, -0.25) is 14.4 Å². The summed E-state index contributed by atoms with van der Waals surface area (Å²) in [7, 11) is 7.92. The van der Waals surface area contributed by atoms with Crippen LogP contribution in [0.4, 0.5) is 5.69 Å². The fourth-order valence-electron chi connectivity index (χ4n) is 7.30. The molecule has 0 spiro atoms. The van der Waals surface area contributed by atoms with Crippen LogP contribution in [0.15, 0.2) is 47.3 Å². The number of aryl methyl sites for hydroxylation is 1. The number of ether oxygens (including phenoxy) is 5. The zero-order chi connectivity index (χ0) is 36.1. The molecule has 0 aromatic heterocycles. The number of anilines is 1.